The molecule has 1 aromatic carbocycles. The van der Waals surface area contributed by atoms with Gasteiger partial charge in [-0.05, 0) is 31.0 Å². The highest BCUT2D eigenvalue weighted by molar-refractivity contribution is 6.35. The van der Waals surface area contributed by atoms with E-state index in [1.165, 1.54) is 4.90 Å². The van der Waals surface area contributed by atoms with Gasteiger partial charge in [-0.1, -0.05) is 23.2 Å². The fourth-order valence-corrected chi connectivity index (χ4v) is 2.88. The summed E-state index contributed by atoms with van der Waals surface area (Å²) in [6.07, 6.45) is 1.11. The predicted molar refractivity (Wildman–Crippen MR) is 80.1 cm³/mol. The van der Waals surface area contributed by atoms with E-state index in [0.717, 1.165) is 6.42 Å². The quantitative estimate of drug-likeness (QED) is 0.928. The van der Waals surface area contributed by atoms with Gasteiger partial charge in [0.15, 0.2) is 0 Å². The van der Waals surface area contributed by atoms with E-state index in [1.807, 2.05) is 6.07 Å². The van der Waals surface area contributed by atoms with Gasteiger partial charge in [0.05, 0.1) is 6.07 Å². The summed E-state index contributed by atoms with van der Waals surface area (Å²) in [6, 6.07) is 6.00. The minimum atomic E-state index is -0.552. The first-order valence-electron chi connectivity index (χ1n) is 6.44. The summed E-state index contributed by atoms with van der Waals surface area (Å²) in [5.74, 6) is -0.614. The molecule has 1 saturated heterocycles. The molecular weight excluding hydrogens is 313 g/mol. The zero-order valence-electron chi connectivity index (χ0n) is 11.1. The van der Waals surface area contributed by atoms with Gasteiger partial charge in [0.2, 0.25) is 11.8 Å². The number of anilines is 1. The Kier molecular flexibility index (Phi) is 5.05. The molecule has 1 aromatic rings. The Hall–Kier alpha value is -1.77. The fraction of sp³-hybridized carbons (Fsp3) is 0.357. The van der Waals surface area contributed by atoms with Crippen molar-refractivity contribution in [2.24, 2.45) is 0 Å². The number of nitrogens with one attached hydrogen (secondary N) is 1. The van der Waals surface area contributed by atoms with Crippen LogP contribution in [0, 0.1) is 11.3 Å². The Morgan fingerprint density at radius 3 is 2.62 bits per heavy atom. The lowest BCUT2D eigenvalue weighted by atomic mass is 10.2. The molecule has 0 bridgehead atoms. The van der Waals surface area contributed by atoms with E-state index in [-0.39, 0.29) is 18.2 Å². The number of rotatable bonds is 3. The van der Waals surface area contributed by atoms with Crippen molar-refractivity contribution in [2.45, 2.75) is 25.3 Å². The second kappa shape index (κ2) is 6.79. The Bertz CT molecular complexity index is 592. The molecule has 7 heteroatoms. The van der Waals surface area contributed by atoms with E-state index < -0.39 is 6.04 Å². The topological polar surface area (TPSA) is 73.2 Å². The number of carbonyl (C=O) groups excluding carboxylic acids is 2. The highest BCUT2D eigenvalue weighted by Gasteiger charge is 2.33. The minimum Gasteiger partial charge on any atom is -0.330 e. The van der Waals surface area contributed by atoms with Gasteiger partial charge in [-0.25, -0.2) is 0 Å². The lowest BCUT2D eigenvalue weighted by Crippen LogP contribution is -2.43. The van der Waals surface area contributed by atoms with E-state index in [4.69, 9.17) is 28.5 Å². The molecule has 0 radical (unpaired) electrons. The number of hydrogen-bond donors (Lipinski definition) is 1. The number of benzene rings is 1. The SMILES string of the molecule is N#CCC(=O)N1CCC[C@H]1C(=O)Nc1cc(Cl)cc(Cl)c1. The molecule has 1 aliphatic heterocycles. The molecule has 5 nitrogen and oxygen atoms in total. The van der Waals surface area contributed by atoms with Crippen molar-refractivity contribution in [1.29, 1.82) is 5.26 Å². The summed E-state index contributed by atoms with van der Waals surface area (Å²) >= 11 is 11.8. The number of amides is 2. The second-order valence-corrected chi connectivity index (χ2v) is 5.60. The molecule has 0 spiro atoms. The molecule has 1 heterocycles. The van der Waals surface area contributed by atoms with Crippen molar-refractivity contribution in [3.8, 4) is 6.07 Å². The molecule has 21 heavy (non-hydrogen) atoms. The van der Waals surface area contributed by atoms with E-state index >= 15 is 0 Å². The van der Waals surface area contributed by atoms with Gasteiger partial charge < -0.3 is 10.2 Å². The van der Waals surface area contributed by atoms with Crippen LogP contribution in [-0.2, 0) is 9.59 Å². The molecule has 2 amide bonds. The van der Waals surface area contributed by atoms with Crippen molar-refractivity contribution in [3.63, 3.8) is 0 Å². The van der Waals surface area contributed by atoms with Crippen molar-refractivity contribution in [1.82, 2.24) is 4.90 Å². The predicted octanol–water partition coefficient (Wildman–Crippen LogP) is 2.84. The van der Waals surface area contributed by atoms with Crippen LogP contribution in [0.5, 0.6) is 0 Å². The first-order chi connectivity index (χ1) is 10.0. The minimum absolute atomic E-state index is 0.216. The lowest BCUT2D eigenvalue weighted by molar-refractivity contribution is -0.135. The van der Waals surface area contributed by atoms with Crippen LogP contribution in [-0.4, -0.2) is 29.3 Å². The highest BCUT2D eigenvalue weighted by Crippen LogP contribution is 2.24. The van der Waals surface area contributed by atoms with E-state index in [9.17, 15) is 9.59 Å². The van der Waals surface area contributed by atoms with Crippen LogP contribution < -0.4 is 5.32 Å². The lowest BCUT2D eigenvalue weighted by Gasteiger charge is -2.23. The Morgan fingerprint density at radius 2 is 2.00 bits per heavy atom. The van der Waals surface area contributed by atoms with Gasteiger partial charge in [0.1, 0.15) is 12.5 Å². The van der Waals surface area contributed by atoms with Gasteiger partial charge in [-0.3, -0.25) is 9.59 Å². The standard InChI is InChI=1S/C14H13Cl2N3O2/c15-9-6-10(16)8-11(7-9)18-14(21)12-2-1-5-19(12)13(20)3-4-17/h6-8,12H,1-3,5H2,(H,18,21)/t12-/m0/s1. The van der Waals surface area contributed by atoms with Crippen LogP contribution in [0.25, 0.3) is 0 Å². The molecule has 1 aliphatic rings. The first-order valence-corrected chi connectivity index (χ1v) is 7.20. The number of carbonyl (C=O) groups is 2. The normalized spacial score (nSPS) is 17.4. The van der Waals surface area contributed by atoms with E-state index in [1.54, 1.807) is 18.2 Å². The number of nitriles is 1. The van der Waals surface area contributed by atoms with Gasteiger partial charge in [0, 0.05) is 22.3 Å². The van der Waals surface area contributed by atoms with Gasteiger partial charge in [-0.2, -0.15) is 5.26 Å². The van der Waals surface area contributed by atoms with Crippen LogP contribution in [0.15, 0.2) is 18.2 Å². The Morgan fingerprint density at radius 1 is 1.33 bits per heavy atom. The molecule has 2 rings (SSSR count). The van der Waals surface area contributed by atoms with Crippen molar-refractivity contribution < 1.29 is 9.59 Å². The second-order valence-electron chi connectivity index (χ2n) is 4.73. The van der Waals surface area contributed by atoms with Crippen LogP contribution in [0.4, 0.5) is 5.69 Å². The summed E-state index contributed by atoms with van der Waals surface area (Å²) in [4.78, 5) is 25.5. The molecule has 0 aliphatic carbocycles. The highest BCUT2D eigenvalue weighted by atomic mass is 35.5. The smallest absolute Gasteiger partial charge is 0.247 e. The zero-order valence-corrected chi connectivity index (χ0v) is 12.6. The summed E-state index contributed by atoms with van der Waals surface area (Å²) in [5, 5.41) is 12.1. The van der Waals surface area contributed by atoms with Crippen LogP contribution in [0.3, 0.4) is 0 Å². The van der Waals surface area contributed by atoms with Gasteiger partial charge in [-0.15, -0.1) is 0 Å². The van der Waals surface area contributed by atoms with Crippen molar-refractivity contribution in [2.75, 3.05) is 11.9 Å². The maximum atomic E-state index is 12.3. The molecule has 1 N–H and O–H groups in total. The number of halogens is 2. The monoisotopic (exact) mass is 325 g/mol. The summed E-state index contributed by atoms with van der Waals surface area (Å²) < 4.78 is 0. The maximum Gasteiger partial charge on any atom is 0.247 e. The van der Waals surface area contributed by atoms with E-state index in [2.05, 4.69) is 5.32 Å². The van der Waals surface area contributed by atoms with Crippen molar-refractivity contribution in [3.05, 3.63) is 28.2 Å². The summed E-state index contributed by atoms with van der Waals surface area (Å²) in [7, 11) is 0. The summed E-state index contributed by atoms with van der Waals surface area (Å²) in [5.41, 5.74) is 0.483. The van der Waals surface area contributed by atoms with Crippen LogP contribution in [0.1, 0.15) is 19.3 Å². The third-order valence-electron chi connectivity index (χ3n) is 3.24. The zero-order chi connectivity index (χ0) is 15.4. The number of hydrogen-bond acceptors (Lipinski definition) is 3. The molecule has 1 fully saturated rings. The largest absolute Gasteiger partial charge is 0.330 e. The third kappa shape index (κ3) is 3.87. The van der Waals surface area contributed by atoms with Crippen LogP contribution >= 0.6 is 23.2 Å². The molecule has 0 saturated carbocycles. The Balaban J connectivity index is 2.08. The first kappa shape index (κ1) is 15.6. The third-order valence-corrected chi connectivity index (χ3v) is 3.67. The van der Waals surface area contributed by atoms with E-state index in [0.29, 0.717) is 28.7 Å². The molecule has 1 atom stereocenters. The fourth-order valence-electron chi connectivity index (χ4n) is 2.36. The number of nitrogens with zero attached hydrogens (tertiary/aromatic N) is 2. The van der Waals surface area contributed by atoms with Crippen LogP contribution in [0.2, 0.25) is 10.0 Å². The Labute approximate surface area is 132 Å². The molecule has 0 aromatic heterocycles. The van der Waals surface area contributed by atoms with Gasteiger partial charge in [0.25, 0.3) is 0 Å². The molecule has 110 valence electrons. The van der Waals surface area contributed by atoms with Crippen molar-refractivity contribution >= 4 is 40.7 Å². The maximum absolute atomic E-state index is 12.3. The molecule has 0 unspecified atom stereocenters. The number of likely N-dealkylation sites (tertiary alicyclic amines) is 1. The summed E-state index contributed by atoms with van der Waals surface area (Å²) in [6.45, 7) is 0.495. The average Bonchev–Trinajstić information content (AvgIpc) is 2.86. The average molecular weight is 326 g/mol. The molecular formula is C14H13Cl2N3O2. The van der Waals surface area contributed by atoms with Gasteiger partial charge >= 0.3 is 0 Å².